The lowest BCUT2D eigenvalue weighted by Crippen LogP contribution is -2.19. The van der Waals surface area contributed by atoms with E-state index in [2.05, 4.69) is 4.79 Å². The predicted molar refractivity (Wildman–Crippen MR) is 74.9 cm³/mol. The maximum atomic E-state index is 12.1. The molecule has 1 atom stereocenters. The lowest BCUT2D eigenvalue weighted by atomic mass is 9.95. The zero-order valence-electron chi connectivity index (χ0n) is 11.1. The zero-order valence-corrected chi connectivity index (χ0v) is 11.1. The third-order valence-electron chi connectivity index (χ3n) is 3.11. The standard InChI is InChI=1S/C15H15N3O2/c1-20-13-6-4-12(5-7-13)14(15(19)10-17-16)11-18-8-2-3-9-18/h2-10,14H,11H2,1H3. The van der Waals surface area contributed by atoms with E-state index in [-0.39, 0.29) is 5.78 Å². The first-order valence-electron chi connectivity index (χ1n) is 6.20. The molecule has 2 aromatic rings. The van der Waals surface area contributed by atoms with Gasteiger partial charge in [0.1, 0.15) is 5.75 Å². The van der Waals surface area contributed by atoms with Gasteiger partial charge in [-0.05, 0) is 29.8 Å². The predicted octanol–water partition coefficient (Wildman–Crippen LogP) is 2.15. The number of aromatic nitrogens is 1. The smallest absolute Gasteiger partial charge is 0.323 e. The first-order chi connectivity index (χ1) is 9.74. The highest BCUT2D eigenvalue weighted by molar-refractivity contribution is 6.27. The maximum absolute atomic E-state index is 12.1. The first kappa shape index (κ1) is 13.8. The number of Topliss-reactive ketones (excluding diaryl/α,β-unsaturated/α-hetero) is 1. The van der Waals surface area contributed by atoms with E-state index in [1.807, 2.05) is 41.2 Å². The highest BCUT2D eigenvalue weighted by Gasteiger charge is 2.22. The van der Waals surface area contributed by atoms with Crippen molar-refractivity contribution in [3.8, 4) is 5.75 Å². The van der Waals surface area contributed by atoms with Gasteiger partial charge in [-0.25, -0.2) is 0 Å². The Kier molecular flexibility index (Phi) is 4.47. The summed E-state index contributed by atoms with van der Waals surface area (Å²) in [5, 5.41) is 0. The molecule has 102 valence electrons. The second kappa shape index (κ2) is 6.50. The minimum atomic E-state index is -0.399. The number of rotatable bonds is 6. The van der Waals surface area contributed by atoms with Crippen LogP contribution in [0, 0.1) is 0 Å². The highest BCUT2D eigenvalue weighted by Crippen LogP contribution is 2.21. The Balaban J connectivity index is 2.29. The molecule has 5 nitrogen and oxygen atoms in total. The molecule has 0 aliphatic heterocycles. The molecule has 0 bridgehead atoms. The Labute approximate surface area is 117 Å². The van der Waals surface area contributed by atoms with Crippen LogP contribution in [0.4, 0.5) is 0 Å². The molecule has 0 aliphatic carbocycles. The van der Waals surface area contributed by atoms with Crippen molar-refractivity contribution >= 4 is 12.0 Å². The molecular weight excluding hydrogens is 254 g/mol. The minimum absolute atomic E-state index is 0.244. The van der Waals surface area contributed by atoms with Gasteiger partial charge in [0.25, 0.3) is 0 Å². The molecule has 2 rings (SSSR count). The van der Waals surface area contributed by atoms with E-state index in [0.717, 1.165) is 17.5 Å². The summed E-state index contributed by atoms with van der Waals surface area (Å²) in [7, 11) is 1.59. The number of carbonyl (C=O) groups excluding carboxylic acids is 1. The zero-order chi connectivity index (χ0) is 14.4. The van der Waals surface area contributed by atoms with Crippen molar-refractivity contribution in [1.29, 1.82) is 0 Å². The van der Waals surface area contributed by atoms with E-state index in [1.54, 1.807) is 19.2 Å². The molecule has 20 heavy (non-hydrogen) atoms. The summed E-state index contributed by atoms with van der Waals surface area (Å²) in [5.41, 5.74) is 9.41. The van der Waals surface area contributed by atoms with Gasteiger partial charge in [-0.2, -0.15) is 4.79 Å². The molecule has 0 saturated heterocycles. The van der Waals surface area contributed by atoms with E-state index >= 15 is 0 Å². The molecule has 0 spiro atoms. The molecule has 1 aromatic heterocycles. The van der Waals surface area contributed by atoms with Crippen LogP contribution >= 0.6 is 0 Å². The summed E-state index contributed by atoms with van der Waals surface area (Å²) in [5.74, 6) is 0.0901. The van der Waals surface area contributed by atoms with Gasteiger partial charge < -0.3 is 14.8 Å². The average molecular weight is 269 g/mol. The number of ether oxygens (including phenoxy) is 1. The van der Waals surface area contributed by atoms with Gasteiger partial charge in [0.05, 0.1) is 13.0 Å². The van der Waals surface area contributed by atoms with Crippen molar-refractivity contribution < 1.29 is 14.3 Å². The Morgan fingerprint density at radius 1 is 1.35 bits per heavy atom. The quantitative estimate of drug-likeness (QED) is 0.458. The van der Waals surface area contributed by atoms with Crippen LogP contribution in [0.25, 0.3) is 5.53 Å². The number of benzene rings is 1. The fourth-order valence-electron chi connectivity index (χ4n) is 2.05. The van der Waals surface area contributed by atoms with Crippen molar-refractivity contribution in [2.45, 2.75) is 12.5 Å². The Morgan fingerprint density at radius 2 is 2.00 bits per heavy atom. The monoisotopic (exact) mass is 269 g/mol. The number of methoxy groups -OCH3 is 1. The Bertz CT molecular complexity index is 611. The van der Waals surface area contributed by atoms with Crippen LogP contribution in [0.1, 0.15) is 11.5 Å². The largest absolute Gasteiger partial charge is 0.497 e. The molecule has 1 heterocycles. The van der Waals surface area contributed by atoms with Crippen LogP contribution in [0.15, 0.2) is 48.8 Å². The van der Waals surface area contributed by atoms with Gasteiger partial charge in [-0.15, -0.1) is 0 Å². The fourth-order valence-corrected chi connectivity index (χ4v) is 2.05. The van der Waals surface area contributed by atoms with Gasteiger partial charge in [0.2, 0.25) is 5.78 Å². The first-order valence-corrected chi connectivity index (χ1v) is 6.20. The maximum Gasteiger partial charge on any atom is 0.323 e. The molecule has 0 aliphatic rings. The van der Waals surface area contributed by atoms with Gasteiger partial charge in [0.15, 0.2) is 0 Å². The third kappa shape index (κ3) is 3.22. The molecule has 0 saturated carbocycles. The number of carbonyl (C=O) groups is 1. The lowest BCUT2D eigenvalue weighted by molar-refractivity contribution is -0.117. The van der Waals surface area contributed by atoms with E-state index in [4.69, 9.17) is 10.3 Å². The molecule has 0 fully saturated rings. The number of hydrogen-bond acceptors (Lipinski definition) is 2. The number of nitrogens with zero attached hydrogens (tertiary/aromatic N) is 3. The number of hydrogen-bond donors (Lipinski definition) is 0. The van der Waals surface area contributed by atoms with Crippen molar-refractivity contribution in [2.24, 2.45) is 0 Å². The van der Waals surface area contributed by atoms with Gasteiger partial charge in [-0.1, -0.05) is 12.1 Å². The van der Waals surface area contributed by atoms with Crippen LogP contribution in [0.2, 0.25) is 0 Å². The highest BCUT2D eigenvalue weighted by atomic mass is 16.5. The lowest BCUT2D eigenvalue weighted by Gasteiger charge is -2.14. The van der Waals surface area contributed by atoms with Gasteiger partial charge in [-0.3, -0.25) is 4.79 Å². The van der Waals surface area contributed by atoms with Crippen LogP contribution in [0.3, 0.4) is 0 Å². The topological polar surface area (TPSA) is 67.6 Å². The van der Waals surface area contributed by atoms with Crippen LogP contribution in [-0.2, 0) is 11.3 Å². The van der Waals surface area contributed by atoms with E-state index in [9.17, 15) is 4.79 Å². The van der Waals surface area contributed by atoms with E-state index in [1.165, 1.54) is 0 Å². The molecule has 1 unspecified atom stereocenters. The summed E-state index contributed by atoms with van der Waals surface area (Å²) in [6.07, 6.45) is 4.72. The average Bonchev–Trinajstić information content (AvgIpc) is 2.98. The minimum Gasteiger partial charge on any atom is -0.497 e. The van der Waals surface area contributed by atoms with Gasteiger partial charge >= 0.3 is 6.21 Å². The van der Waals surface area contributed by atoms with Crippen molar-refractivity contribution in [3.63, 3.8) is 0 Å². The molecular formula is C15H15N3O2. The second-order valence-corrected chi connectivity index (χ2v) is 4.35. The summed E-state index contributed by atoms with van der Waals surface area (Å²) in [4.78, 5) is 14.9. The van der Waals surface area contributed by atoms with Crippen LogP contribution in [0.5, 0.6) is 5.75 Å². The number of ketones is 1. The van der Waals surface area contributed by atoms with Gasteiger partial charge in [0, 0.05) is 18.9 Å². The summed E-state index contributed by atoms with van der Waals surface area (Å²) in [6.45, 7) is 0.490. The summed E-state index contributed by atoms with van der Waals surface area (Å²) in [6, 6.07) is 11.1. The normalized spacial score (nSPS) is 11.4. The molecule has 5 heteroatoms. The molecule has 1 aromatic carbocycles. The van der Waals surface area contributed by atoms with Crippen molar-refractivity contribution in [3.05, 3.63) is 59.9 Å². The second-order valence-electron chi connectivity index (χ2n) is 4.35. The van der Waals surface area contributed by atoms with Crippen LogP contribution in [-0.4, -0.2) is 28.5 Å². The molecule has 0 radical (unpaired) electrons. The Hall–Kier alpha value is -2.65. The van der Waals surface area contributed by atoms with Crippen molar-refractivity contribution in [2.75, 3.05) is 7.11 Å². The summed E-state index contributed by atoms with van der Waals surface area (Å²) >= 11 is 0. The van der Waals surface area contributed by atoms with Crippen LogP contribution < -0.4 is 4.74 Å². The van der Waals surface area contributed by atoms with Crippen molar-refractivity contribution in [1.82, 2.24) is 4.57 Å². The molecule has 0 N–H and O–H groups in total. The Morgan fingerprint density at radius 3 is 2.55 bits per heavy atom. The third-order valence-corrected chi connectivity index (χ3v) is 3.11. The van der Waals surface area contributed by atoms with E-state index < -0.39 is 5.92 Å². The summed E-state index contributed by atoms with van der Waals surface area (Å²) < 4.78 is 7.02. The molecule has 0 amide bonds. The van der Waals surface area contributed by atoms with E-state index in [0.29, 0.717) is 6.54 Å². The SMILES string of the molecule is COc1ccc(C(Cn2cccc2)C(=O)C=[N+]=[N-])cc1. The fraction of sp³-hybridized carbons (Fsp3) is 0.200.